The van der Waals surface area contributed by atoms with Gasteiger partial charge in [-0.3, -0.25) is 14.5 Å². The summed E-state index contributed by atoms with van der Waals surface area (Å²) in [7, 11) is 1.48. The summed E-state index contributed by atoms with van der Waals surface area (Å²) in [6.45, 7) is 1.84. The Bertz CT molecular complexity index is 1190. The van der Waals surface area contributed by atoms with Crippen LogP contribution in [0.3, 0.4) is 0 Å². The minimum absolute atomic E-state index is 0.162. The van der Waals surface area contributed by atoms with Crippen molar-refractivity contribution in [2.75, 3.05) is 20.3 Å². The molecule has 7 heteroatoms. The first kappa shape index (κ1) is 26.6. The van der Waals surface area contributed by atoms with Crippen molar-refractivity contribution in [1.82, 2.24) is 4.90 Å². The number of ether oxygens (including phenoxy) is 1. The number of fused-ring (bicyclic) bond motifs is 1. The highest BCUT2D eigenvalue weighted by molar-refractivity contribution is 6.05. The van der Waals surface area contributed by atoms with Crippen LogP contribution < -0.4 is 4.74 Å². The molecule has 1 saturated heterocycles. The van der Waals surface area contributed by atoms with Gasteiger partial charge in [0.1, 0.15) is 18.1 Å². The number of allylic oxidation sites excluding steroid dienone is 1. The predicted octanol–water partition coefficient (Wildman–Crippen LogP) is 3.95. The predicted molar refractivity (Wildman–Crippen MR) is 141 cm³/mol. The Morgan fingerprint density at radius 2 is 1.81 bits per heavy atom. The number of rotatable bonds is 10. The topological polar surface area (TPSA) is 107 Å². The zero-order chi connectivity index (χ0) is 26.5. The van der Waals surface area contributed by atoms with Gasteiger partial charge >= 0.3 is 0 Å². The van der Waals surface area contributed by atoms with Crippen LogP contribution in [0.4, 0.5) is 0 Å². The summed E-state index contributed by atoms with van der Waals surface area (Å²) in [5, 5.41) is 32.0. The Hall–Kier alpha value is -3.42. The second kappa shape index (κ2) is 11.8. The minimum atomic E-state index is -0.916. The number of amides is 2. The molecule has 4 atom stereocenters. The largest absolute Gasteiger partial charge is 0.507 e. The van der Waals surface area contributed by atoms with Gasteiger partial charge < -0.3 is 20.1 Å². The molecular formula is C30H35NO6. The van der Waals surface area contributed by atoms with Crippen molar-refractivity contribution in [3.63, 3.8) is 0 Å². The number of phenolic OH excluding ortho intramolecular Hbond substituents is 1. The maximum absolute atomic E-state index is 12.9. The number of aromatic hydroxyl groups is 1. The molecule has 1 heterocycles. The summed E-state index contributed by atoms with van der Waals surface area (Å²) >= 11 is 0. The molecule has 0 aromatic heterocycles. The molecule has 37 heavy (non-hydrogen) atoms. The molecule has 0 radical (unpaired) electrons. The van der Waals surface area contributed by atoms with Crippen LogP contribution in [0.1, 0.15) is 38.2 Å². The van der Waals surface area contributed by atoms with Crippen molar-refractivity contribution >= 4 is 17.9 Å². The van der Waals surface area contributed by atoms with E-state index in [1.54, 1.807) is 12.1 Å². The molecule has 4 rings (SSSR count). The standard InChI is InChI=1S/C30H35NO6/c1-3-19(15-20-9-7-8-12-25(20)33)13-14-26(34)27-21(18-37-22-10-5-4-6-11-22)16-23-28(24(27)17-32)30(36)31(2)29(23)35/h4-12,15,23-24,26,28,32-34H,3,13-14,16-18H2,1-2H3/b19-15+/t23-,24+,26-,28-/m1/s1. The maximum Gasteiger partial charge on any atom is 0.233 e. The number of aliphatic hydroxyl groups is 2. The average molecular weight is 506 g/mol. The lowest BCUT2D eigenvalue weighted by Gasteiger charge is -2.36. The van der Waals surface area contributed by atoms with Crippen molar-refractivity contribution in [3.8, 4) is 11.5 Å². The van der Waals surface area contributed by atoms with Crippen LogP contribution in [-0.2, 0) is 9.59 Å². The summed E-state index contributed by atoms with van der Waals surface area (Å²) in [5.41, 5.74) is 3.14. The van der Waals surface area contributed by atoms with Crippen molar-refractivity contribution in [2.45, 2.75) is 38.7 Å². The molecular weight excluding hydrogens is 470 g/mol. The lowest BCUT2D eigenvalue weighted by atomic mass is 9.68. The highest BCUT2D eigenvalue weighted by Crippen LogP contribution is 2.46. The van der Waals surface area contributed by atoms with E-state index >= 15 is 0 Å². The zero-order valence-corrected chi connectivity index (χ0v) is 21.3. The van der Waals surface area contributed by atoms with Gasteiger partial charge in [0, 0.05) is 18.5 Å². The minimum Gasteiger partial charge on any atom is -0.507 e. The summed E-state index contributed by atoms with van der Waals surface area (Å²) in [4.78, 5) is 26.9. The van der Waals surface area contributed by atoms with Crippen LogP contribution >= 0.6 is 0 Å². The van der Waals surface area contributed by atoms with Crippen LogP contribution in [0.15, 0.2) is 71.3 Å². The van der Waals surface area contributed by atoms with E-state index in [0.717, 1.165) is 28.0 Å². The van der Waals surface area contributed by atoms with E-state index in [4.69, 9.17) is 4.74 Å². The SMILES string of the molecule is CC/C(=C\c1ccccc1O)CC[C@@H](O)C1=C(COc2ccccc2)C[C@H]2C(=O)N(C)C(=O)[C@H]2[C@H]1CO. The average Bonchev–Trinajstić information content (AvgIpc) is 3.13. The van der Waals surface area contributed by atoms with Crippen LogP contribution in [0.25, 0.3) is 6.08 Å². The molecule has 196 valence electrons. The number of phenols is 1. The number of para-hydroxylation sites is 2. The van der Waals surface area contributed by atoms with E-state index in [1.165, 1.54) is 7.05 Å². The van der Waals surface area contributed by atoms with E-state index in [0.29, 0.717) is 30.6 Å². The van der Waals surface area contributed by atoms with Gasteiger partial charge in [0.15, 0.2) is 0 Å². The normalized spacial score (nSPS) is 22.9. The molecule has 2 aliphatic rings. The molecule has 7 nitrogen and oxygen atoms in total. The third-order valence-electron chi connectivity index (χ3n) is 7.61. The Balaban J connectivity index is 1.61. The fraction of sp³-hybridized carbons (Fsp3) is 0.400. The van der Waals surface area contributed by atoms with Gasteiger partial charge in [0.25, 0.3) is 0 Å². The first-order chi connectivity index (χ1) is 17.8. The van der Waals surface area contributed by atoms with E-state index in [-0.39, 0.29) is 30.8 Å². The number of imide groups is 1. The summed E-state index contributed by atoms with van der Waals surface area (Å²) in [5.74, 6) is -1.60. The zero-order valence-electron chi connectivity index (χ0n) is 21.3. The number of aliphatic hydroxyl groups excluding tert-OH is 2. The summed E-state index contributed by atoms with van der Waals surface area (Å²) in [6, 6.07) is 16.4. The highest BCUT2D eigenvalue weighted by Gasteiger charge is 2.53. The maximum atomic E-state index is 12.9. The summed E-state index contributed by atoms with van der Waals surface area (Å²) < 4.78 is 6.00. The molecule has 3 N–H and O–H groups in total. The Labute approximate surface area is 217 Å². The number of likely N-dealkylation sites (tertiary alicyclic amines) is 1. The lowest BCUT2D eigenvalue weighted by Crippen LogP contribution is -2.39. The quantitative estimate of drug-likeness (QED) is 0.334. The fourth-order valence-corrected chi connectivity index (χ4v) is 5.59. The van der Waals surface area contributed by atoms with Crippen LogP contribution in [-0.4, -0.2) is 58.4 Å². The molecule has 2 amide bonds. The molecule has 1 aliphatic heterocycles. The van der Waals surface area contributed by atoms with Crippen molar-refractivity contribution in [3.05, 3.63) is 76.9 Å². The Kier molecular flexibility index (Phi) is 8.46. The van der Waals surface area contributed by atoms with Gasteiger partial charge in [-0.2, -0.15) is 0 Å². The van der Waals surface area contributed by atoms with Crippen molar-refractivity contribution < 1.29 is 29.6 Å². The number of hydrogen-bond acceptors (Lipinski definition) is 6. The Morgan fingerprint density at radius 1 is 1.11 bits per heavy atom. The smallest absolute Gasteiger partial charge is 0.233 e. The molecule has 0 spiro atoms. The molecule has 0 bridgehead atoms. The molecule has 1 fully saturated rings. The van der Waals surface area contributed by atoms with Crippen LogP contribution in [0.2, 0.25) is 0 Å². The lowest BCUT2D eigenvalue weighted by molar-refractivity contribution is -0.138. The van der Waals surface area contributed by atoms with E-state index in [9.17, 15) is 24.9 Å². The van der Waals surface area contributed by atoms with Gasteiger partial charge in [0.2, 0.25) is 11.8 Å². The highest BCUT2D eigenvalue weighted by atomic mass is 16.5. The third kappa shape index (κ3) is 5.63. The van der Waals surface area contributed by atoms with E-state index in [2.05, 4.69) is 0 Å². The van der Waals surface area contributed by atoms with E-state index in [1.807, 2.05) is 55.5 Å². The second-order valence-corrected chi connectivity index (χ2v) is 9.79. The van der Waals surface area contributed by atoms with Gasteiger partial charge in [-0.1, -0.05) is 55.0 Å². The van der Waals surface area contributed by atoms with Crippen LogP contribution in [0, 0.1) is 17.8 Å². The second-order valence-electron chi connectivity index (χ2n) is 9.79. The Morgan fingerprint density at radius 3 is 2.49 bits per heavy atom. The first-order valence-electron chi connectivity index (χ1n) is 12.8. The van der Waals surface area contributed by atoms with Crippen molar-refractivity contribution in [1.29, 1.82) is 0 Å². The number of nitrogens with zero attached hydrogens (tertiary/aromatic N) is 1. The summed E-state index contributed by atoms with van der Waals surface area (Å²) in [6.07, 6.45) is 3.02. The van der Waals surface area contributed by atoms with Gasteiger partial charge in [-0.25, -0.2) is 0 Å². The molecule has 2 aromatic rings. The van der Waals surface area contributed by atoms with Crippen LogP contribution in [0.5, 0.6) is 11.5 Å². The number of carbonyl (C=O) groups is 2. The molecule has 2 aromatic carbocycles. The van der Waals surface area contributed by atoms with Gasteiger partial charge in [0.05, 0.1) is 24.5 Å². The molecule has 1 aliphatic carbocycles. The fourth-order valence-electron chi connectivity index (χ4n) is 5.59. The van der Waals surface area contributed by atoms with Gasteiger partial charge in [-0.05, 0) is 55.0 Å². The van der Waals surface area contributed by atoms with Crippen molar-refractivity contribution in [2.24, 2.45) is 17.8 Å². The number of benzene rings is 2. The monoisotopic (exact) mass is 505 g/mol. The third-order valence-corrected chi connectivity index (χ3v) is 7.61. The molecule has 0 saturated carbocycles. The van der Waals surface area contributed by atoms with E-state index < -0.39 is 23.9 Å². The first-order valence-corrected chi connectivity index (χ1v) is 12.8. The number of carbonyl (C=O) groups excluding carboxylic acids is 2. The number of hydrogen-bond donors (Lipinski definition) is 3. The molecule has 0 unspecified atom stereocenters. The van der Waals surface area contributed by atoms with Gasteiger partial charge in [-0.15, -0.1) is 0 Å².